The van der Waals surface area contributed by atoms with Crippen molar-refractivity contribution in [2.75, 3.05) is 12.7 Å². The maximum atomic E-state index is 11.2. The van der Waals surface area contributed by atoms with Gasteiger partial charge in [-0.25, -0.2) is 4.79 Å². The number of ether oxygens (including phenoxy) is 2. The predicted molar refractivity (Wildman–Crippen MR) is 66.2 cm³/mol. The minimum atomic E-state index is -2.31. The molecule has 0 saturated carbocycles. The van der Waals surface area contributed by atoms with Crippen LogP contribution in [0.15, 0.2) is 0 Å². The molecule has 9 heteroatoms. The Hall–Kier alpha value is -1.24. The predicted octanol–water partition coefficient (Wildman–Crippen LogP) is 0.267. The van der Waals surface area contributed by atoms with Crippen LogP contribution >= 0.6 is 8.38 Å². The molecule has 1 unspecified atom stereocenters. The maximum Gasteiger partial charge on any atom is 0.410 e. The maximum absolute atomic E-state index is 11.2. The molecule has 1 atom stereocenters. The average Bonchev–Trinajstić information content (AvgIpc) is 2.25. The van der Waals surface area contributed by atoms with Crippen molar-refractivity contribution in [1.82, 2.24) is 5.32 Å². The molecular weight excluding hydrogens is 277 g/mol. The van der Waals surface area contributed by atoms with E-state index in [9.17, 15) is 14.4 Å². The van der Waals surface area contributed by atoms with Gasteiger partial charge in [0.2, 0.25) is 6.29 Å². The van der Waals surface area contributed by atoms with E-state index in [1.165, 1.54) is 6.92 Å². The van der Waals surface area contributed by atoms with E-state index in [-0.39, 0.29) is 13.0 Å². The van der Waals surface area contributed by atoms with Crippen LogP contribution in [0.2, 0.25) is 0 Å². The Balaban J connectivity index is 3.85. The fraction of sp³-hybridized carbons (Fsp3) is 0.700. The van der Waals surface area contributed by atoms with Crippen LogP contribution in [0.5, 0.6) is 0 Å². The molecular formula is C10H18NO7P. The van der Waals surface area contributed by atoms with Crippen molar-refractivity contribution in [3.63, 3.8) is 0 Å². The smallest absolute Gasteiger partial charge is 0.410 e. The molecule has 0 aliphatic carbocycles. The molecule has 0 spiro atoms. The number of amides is 1. The third-order valence-electron chi connectivity index (χ3n) is 1.77. The Morgan fingerprint density at radius 3 is 2.42 bits per heavy atom. The Bertz CT molecular complexity index is 321. The molecule has 0 aliphatic rings. The highest BCUT2D eigenvalue weighted by atomic mass is 31.2. The van der Waals surface area contributed by atoms with E-state index in [1.54, 1.807) is 0 Å². The molecule has 0 fully saturated rings. The number of ketones is 1. The lowest BCUT2D eigenvalue weighted by Crippen LogP contribution is -2.34. The summed E-state index contributed by atoms with van der Waals surface area (Å²) < 4.78 is 9.41. The van der Waals surface area contributed by atoms with Crippen LogP contribution in [0.1, 0.15) is 26.7 Å². The van der Waals surface area contributed by atoms with Gasteiger partial charge in [0.25, 0.3) is 0 Å². The second kappa shape index (κ2) is 9.66. The van der Waals surface area contributed by atoms with E-state index >= 15 is 0 Å². The van der Waals surface area contributed by atoms with Gasteiger partial charge >= 0.3 is 12.1 Å². The quantitative estimate of drug-likeness (QED) is 0.333. The van der Waals surface area contributed by atoms with Gasteiger partial charge in [-0.1, -0.05) is 6.92 Å². The average molecular weight is 295 g/mol. The first kappa shape index (κ1) is 17.8. The van der Waals surface area contributed by atoms with Crippen molar-refractivity contribution < 1.29 is 33.6 Å². The summed E-state index contributed by atoms with van der Waals surface area (Å²) in [5.41, 5.74) is 0. The standard InChI is InChI=1S/C10H18NO7P/c1-3-4-9(13)17-7(2)18-10(14)11-5-8(12)6-19(15)16/h7,15-16H,3-6H2,1-2H3,(H,11,14). The summed E-state index contributed by atoms with van der Waals surface area (Å²) >= 11 is 0. The van der Waals surface area contributed by atoms with Crippen LogP contribution in [-0.4, -0.2) is 46.6 Å². The molecule has 0 aromatic carbocycles. The summed E-state index contributed by atoms with van der Waals surface area (Å²) in [6, 6.07) is 0. The first-order valence-corrected chi connectivity index (χ1v) is 7.09. The highest BCUT2D eigenvalue weighted by Crippen LogP contribution is 2.21. The summed E-state index contributed by atoms with van der Waals surface area (Å²) in [6.07, 6.45) is -1.55. The number of hydrogen-bond acceptors (Lipinski definition) is 7. The van der Waals surface area contributed by atoms with Gasteiger partial charge in [0.15, 0.2) is 14.2 Å². The Labute approximate surface area is 112 Å². The zero-order valence-electron chi connectivity index (χ0n) is 10.8. The second-order valence-corrected chi connectivity index (χ2v) is 4.70. The van der Waals surface area contributed by atoms with Gasteiger partial charge in [0.1, 0.15) is 0 Å². The molecule has 1 amide bonds. The number of esters is 1. The van der Waals surface area contributed by atoms with Crippen LogP contribution in [0.4, 0.5) is 4.79 Å². The fourth-order valence-electron chi connectivity index (χ4n) is 1.05. The van der Waals surface area contributed by atoms with Crippen molar-refractivity contribution in [3.05, 3.63) is 0 Å². The molecule has 0 radical (unpaired) electrons. The van der Waals surface area contributed by atoms with Gasteiger partial charge in [-0.05, 0) is 6.42 Å². The van der Waals surface area contributed by atoms with Crippen molar-refractivity contribution >= 4 is 26.2 Å². The molecule has 3 N–H and O–H groups in total. The molecule has 110 valence electrons. The van der Waals surface area contributed by atoms with E-state index in [4.69, 9.17) is 14.5 Å². The normalized spacial score (nSPS) is 11.8. The van der Waals surface area contributed by atoms with Crippen LogP contribution < -0.4 is 5.32 Å². The van der Waals surface area contributed by atoms with E-state index in [2.05, 4.69) is 10.1 Å². The first-order chi connectivity index (χ1) is 8.85. The molecule has 0 aromatic heterocycles. The highest BCUT2D eigenvalue weighted by Gasteiger charge is 2.15. The lowest BCUT2D eigenvalue weighted by molar-refractivity contribution is -0.164. The van der Waals surface area contributed by atoms with Gasteiger partial charge in [0, 0.05) is 13.3 Å². The number of carbonyl (C=O) groups excluding carboxylic acids is 3. The lowest BCUT2D eigenvalue weighted by Gasteiger charge is -2.14. The third-order valence-corrected chi connectivity index (χ3v) is 2.41. The van der Waals surface area contributed by atoms with Crippen molar-refractivity contribution in [3.8, 4) is 0 Å². The van der Waals surface area contributed by atoms with E-state index in [0.717, 1.165) is 0 Å². The van der Waals surface area contributed by atoms with Gasteiger partial charge in [0.05, 0.1) is 12.7 Å². The molecule has 0 bridgehead atoms. The number of alkyl carbamates (subject to hydrolysis) is 1. The number of hydrogen-bond donors (Lipinski definition) is 3. The van der Waals surface area contributed by atoms with Crippen molar-refractivity contribution in [2.24, 2.45) is 0 Å². The Morgan fingerprint density at radius 2 is 1.89 bits per heavy atom. The topological polar surface area (TPSA) is 122 Å². The van der Waals surface area contributed by atoms with E-state index in [0.29, 0.717) is 6.42 Å². The van der Waals surface area contributed by atoms with Crippen LogP contribution in [0.3, 0.4) is 0 Å². The van der Waals surface area contributed by atoms with Crippen LogP contribution in [0, 0.1) is 0 Å². The minimum Gasteiger partial charge on any atom is -0.425 e. The molecule has 19 heavy (non-hydrogen) atoms. The molecule has 0 aliphatic heterocycles. The Kier molecular flexibility index (Phi) is 9.03. The summed E-state index contributed by atoms with van der Waals surface area (Å²) in [5, 5.41) is 2.11. The molecule has 0 aromatic rings. The number of rotatable bonds is 8. The number of Topliss-reactive ketones (excluding diaryl/α,β-unsaturated/α-hetero) is 1. The van der Waals surface area contributed by atoms with Crippen molar-refractivity contribution in [2.45, 2.75) is 33.0 Å². The zero-order chi connectivity index (χ0) is 14.8. The summed E-state index contributed by atoms with van der Waals surface area (Å²) in [6.45, 7) is 2.80. The SMILES string of the molecule is CCCC(=O)OC(C)OC(=O)NCC(=O)CP(O)O. The van der Waals surface area contributed by atoms with Crippen LogP contribution in [0.25, 0.3) is 0 Å². The Morgan fingerprint density at radius 1 is 1.26 bits per heavy atom. The number of nitrogens with one attached hydrogen (secondary N) is 1. The molecule has 8 nitrogen and oxygen atoms in total. The second-order valence-electron chi connectivity index (χ2n) is 3.64. The van der Waals surface area contributed by atoms with E-state index in [1.807, 2.05) is 6.92 Å². The minimum absolute atomic E-state index is 0.227. The van der Waals surface area contributed by atoms with E-state index < -0.39 is 38.7 Å². The lowest BCUT2D eigenvalue weighted by atomic mass is 10.3. The first-order valence-electron chi connectivity index (χ1n) is 5.66. The van der Waals surface area contributed by atoms with Crippen molar-refractivity contribution in [1.29, 1.82) is 0 Å². The van der Waals surface area contributed by atoms with Gasteiger partial charge in [-0.3, -0.25) is 9.59 Å². The summed E-state index contributed by atoms with van der Waals surface area (Å²) in [4.78, 5) is 50.5. The molecule has 0 rings (SSSR count). The van der Waals surface area contributed by atoms with Crippen LogP contribution in [-0.2, 0) is 19.1 Å². The largest absolute Gasteiger partial charge is 0.425 e. The summed E-state index contributed by atoms with van der Waals surface area (Å²) in [5.74, 6) is -1.02. The molecule has 0 saturated heterocycles. The zero-order valence-corrected chi connectivity index (χ0v) is 11.7. The number of carbonyl (C=O) groups is 3. The third kappa shape index (κ3) is 10.4. The van der Waals surface area contributed by atoms with Gasteiger partial charge in [-0.2, -0.15) is 0 Å². The van der Waals surface area contributed by atoms with Gasteiger partial charge in [-0.15, -0.1) is 0 Å². The highest BCUT2D eigenvalue weighted by molar-refractivity contribution is 7.46. The monoisotopic (exact) mass is 295 g/mol. The molecule has 0 heterocycles. The summed E-state index contributed by atoms with van der Waals surface area (Å²) in [7, 11) is -2.31. The van der Waals surface area contributed by atoms with Gasteiger partial charge < -0.3 is 24.6 Å². The fourth-order valence-corrected chi connectivity index (χ4v) is 1.48.